The minimum absolute atomic E-state index is 0.0267. The van der Waals surface area contributed by atoms with Gasteiger partial charge in [0.05, 0.1) is 29.3 Å². The van der Waals surface area contributed by atoms with Gasteiger partial charge in [0.15, 0.2) is 0 Å². The van der Waals surface area contributed by atoms with Gasteiger partial charge in [-0.2, -0.15) is 0 Å². The van der Waals surface area contributed by atoms with Gasteiger partial charge in [0.2, 0.25) is 0 Å². The van der Waals surface area contributed by atoms with Crippen LogP contribution in [0.25, 0.3) is 0 Å². The monoisotopic (exact) mass is 303 g/mol. The summed E-state index contributed by atoms with van der Waals surface area (Å²) in [4.78, 5) is 11.7. The Labute approximate surface area is 108 Å². The molecule has 1 amide bonds. The summed E-state index contributed by atoms with van der Waals surface area (Å²) in [5.41, 5.74) is 1.05. The Bertz CT molecular complexity index is 382. The minimum Gasteiger partial charge on any atom is -0.366 e. The van der Waals surface area contributed by atoms with Crippen LogP contribution in [0.15, 0.2) is 24.3 Å². The number of rotatable bonds is 2. The zero-order valence-corrected chi connectivity index (χ0v) is 10.9. The number of carbonyl (C=O) groups is 1. The van der Waals surface area contributed by atoms with Gasteiger partial charge in [0, 0.05) is 11.4 Å². The van der Waals surface area contributed by atoms with Crippen molar-refractivity contribution in [2.75, 3.05) is 13.2 Å². The molecule has 0 spiro atoms. The van der Waals surface area contributed by atoms with Crippen molar-refractivity contribution in [1.82, 2.24) is 3.93 Å². The van der Waals surface area contributed by atoms with E-state index in [4.69, 9.17) is 16.3 Å². The topological polar surface area (TPSA) is 29.5 Å². The van der Waals surface area contributed by atoms with E-state index in [1.807, 2.05) is 24.3 Å². The molecule has 2 rings (SSSR count). The van der Waals surface area contributed by atoms with Crippen LogP contribution in [-0.2, 0) is 16.0 Å². The molecule has 1 fully saturated rings. The van der Waals surface area contributed by atoms with E-state index >= 15 is 0 Å². The van der Waals surface area contributed by atoms with Crippen molar-refractivity contribution in [2.45, 2.75) is 12.5 Å². The molecule has 0 N–H and O–H groups in total. The molecule has 0 radical (unpaired) electrons. The second-order valence-electron chi connectivity index (χ2n) is 3.61. The Morgan fingerprint density at radius 3 is 2.81 bits per heavy atom. The first-order valence-electron chi connectivity index (χ1n) is 5.00. The van der Waals surface area contributed by atoms with E-state index in [2.05, 4.69) is 16.1 Å². The lowest BCUT2D eigenvalue weighted by Gasteiger charge is -2.27. The number of halogens is 2. The number of amides is 1. The van der Waals surface area contributed by atoms with Gasteiger partial charge in [-0.3, -0.25) is 8.72 Å². The third-order valence-corrected chi connectivity index (χ3v) is 3.41. The minimum atomic E-state index is -0.394. The first-order valence-corrected chi connectivity index (χ1v) is 6.09. The van der Waals surface area contributed by atoms with Crippen LogP contribution in [0.4, 0.5) is 0 Å². The molecule has 5 heteroatoms. The van der Waals surface area contributed by atoms with Crippen molar-refractivity contribution in [2.24, 2.45) is 0 Å². The van der Waals surface area contributed by atoms with E-state index in [1.165, 1.54) is 3.93 Å². The van der Waals surface area contributed by atoms with E-state index in [1.54, 1.807) is 0 Å². The first kappa shape index (κ1) is 11.9. The fraction of sp³-hybridized carbons (Fsp3) is 0.364. The molecule has 1 aromatic rings. The normalized spacial score (nSPS) is 21.2. The second kappa shape index (κ2) is 5.17. The summed E-state index contributed by atoms with van der Waals surface area (Å²) >= 11 is 8.99. The highest BCUT2D eigenvalue weighted by atomic mass is 79.9. The molecule has 1 aliphatic rings. The number of nitrogens with zero attached hydrogens (tertiary/aromatic N) is 1. The molecular formula is C11H11BrClNO2. The van der Waals surface area contributed by atoms with Gasteiger partial charge in [-0.15, -0.1) is 0 Å². The molecule has 3 nitrogen and oxygen atoms in total. The fourth-order valence-corrected chi connectivity index (χ4v) is 2.09. The van der Waals surface area contributed by atoms with Gasteiger partial charge >= 0.3 is 0 Å². The highest BCUT2D eigenvalue weighted by molar-refractivity contribution is 9.07. The molecule has 1 unspecified atom stereocenters. The van der Waals surface area contributed by atoms with Crippen LogP contribution >= 0.6 is 27.7 Å². The van der Waals surface area contributed by atoms with Gasteiger partial charge < -0.3 is 4.74 Å². The Morgan fingerprint density at radius 1 is 1.44 bits per heavy atom. The van der Waals surface area contributed by atoms with E-state index in [9.17, 15) is 4.79 Å². The van der Waals surface area contributed by atoms with E-state index in [0.29, 0.717) is 24.6 Å². The van der Waals surface area contributed by atoms with Gasteiger partial charge in [-0.1, -0.05) is 23.7 Å². The molecule has 0 aromatic heterocycles. The van der Waals surface area contributed by atoms with Crippen LogP contribution < -0.4 is 0 Å². The second-order valence-corrected chi connectivity index (χ2v) is 4.91. The van der Waals surface area contributed by atoms with E-state index in [-0.39, 0.29) is 5.91 Å². The predicted molar refractivity (Wildman–Crippen MR) is 65.5 cm³/mol. The van der Waals surface area contributed by atoms with Crippen LogP contribution in [0.5, 0.6) is 0 Å². The number of hydrogen-bond acceptors (Lipinski definition) is 2. The molecule has 0 aliphatic carbocycles. The molecule has 0 saturated carbocycles. The lowest BCUT2D eigenvalue weighted by atomic mass is 10.1. The Morgan fingerprint density at radius 2 is 2.12 bits per heavy atom. The van der Waals surface area contributed by atoms with Crippen LogP contribution in [0, 0.1) is 0 Å². The lowest BCUT2D eigenvalue weighted by molar-refractivity contribution is -0.144. The Kier molecular flexibility index (Phi) is 3.84. The van der Waals surface area contributed by atoms with Crippen LogP contribution in [0.3, 0.4) is 0 Å². The van der Waals surface area contributed by atoms with E-state index < -0.39 is 6.10 Å². The summed E-state index contributed by atoms with van der Waals surface area (Å²) in [6.07, 6.45) is 0.187. The van der Waals surface area contributed by atoms with Gasteiger partial charge in [-0.05, 0) is 17.7 Å². The van der Waals surface area contributed by atoms with Gasteiger partial charge in [0.1, 0.15) is 6.10 Å². The highest BCUT2D eigenvalue weighted by Crippen LogP contribution is 2.17. The maximum Gasteiger partial charge on any atom is 0.261 e. The quantitative estimate of drug-likeness (QED) is 0.785. The number of carbonyl (C=O) groups excluding carboxylic acids is 1. The molecule has 1 saturated heterocycles. The lowest BCUT2D eigenvalue weighted by Crippen LogP contribution is -2.43. The standard InChI is InChI=1S/C11H11BrClNO2/c12-14-5-6-16-10(11(14)15)7-8-1-3-9(13)4-2-8/h1-4,10H,5-7H2. The largest absolute Gasteiger partial charge is 0.366 e. The Balaban J connectivity index is 2.03. The van der Waals surface area contributed by atoms with Crippen LogP contribution in [0.1, 0.15) is 5.56 Å². The average molecular weight is 305 g/mol. The van der Waals surface area contributed by atoms with Crippen molar-refractivity contribution >= 4 is 33.7 Å². The SMILES string of the molecule is O=C1C(Cc2ccc(Cl)cc2)OCCN1Br. The summed E-state index contributed by atoms with van der Waals surface area (Å²) in [6, 6.07) is 7.45. The average Bonchev–Trinajstić information content (AvgIpc) is 2.28. The first-order chi connectivity index (χ1) is 7.66. The van der Waals surface area contributed by atoms with Crippen molar-refractivity contribution < 1.29 is 9.53 Å². The molecule has 1 atom stereocenters. The van der Waals surface area contributed by atoms with Crippen molar-refractivity contribution in [3.63, 3.8) is 0 Å². The smallest absolute Gasteiger partial charge is 0.261 e. The maximum absolute atomic E-state index is 11.7. The predicted octanol–water partition coefficient (Wildman–Crippen LogP) is 2.42. The number of hydrogen-bond donors (Lipinski definition) is 0. The molecule has 1 heterocycles. The molecule has 0 bridgehead atoms. The van der Waals surface area contributed by atoms with Crippen LogP contribution in [0.2, 0.25) is 5.02 Å². The summed E-state index contributed by atoms with van der Waals surface area (Å²) < 4.78 is 6.97. The number of morpholine rings is 1. The van der Waals surface area contributed by atoms with E-state index in [0.717, 1.165) is 5.56 Å². The summed E-state index contributed by atoms with van der Waals surface area (Å²) in [5.74, 6) is -0.0267. The third kappa shape index (κ3) is 2.75. The molecule has 16 heavy (non-hydrogen) atoms. The summed E-state index contributed by atoms with van der Waals surface area (Å²) in [5, 5.41) is 0.696. The molecule has 1 aromatic carbocycles. The zero-order chi connectivity index (χ0) is 11.5. The number of benzene rings is 1. The number of ether oxygens (including phenoxy) is 1. The van der Waals surface area contributed by atoms with Gasteiger partial charge in [-0.25, -0.2) is 0 Å². The zero-order valence-electron chi connectivity index (χ0n) is 8.53. The van der Waals surface area contributed by atoms with Crippen molar-refractivity contribution in [1.29, 1.82) is 0 Å². The van der Waals surface area contributed by atoms with Gasteiger partial charge in [0.25, 0.3) is 5.91 Å². The Hall–Kier alpha value is -0.580. The molecule has 1 aliphatic heterocycles. The van der Waals surface area contributed by atoms with Crippen LogP contribution in [-0.4, -0.2) is 29.1 Å². The highest BCUT2D eigenvalue weighted by Gasteiger charge is 2.28. The van der Waals surface area contributed by atoms with Crippen molar-refractivity contribution in [3.8, 4) is 0 Å². The van der Waals surface area contributed by atoms with Crippen molar-refractivity contribution in [3.05, 3.63) is 34.9 Å². The maximum atomic E-state index is 11.7. The molecule has 86 valence electrons. The summed E-state index contributed by atoms with van der Waals surface area (Å²) in [7, 11) is 0. The molecular weight excluding hydrogens is 293 g/mol. The fourth-order valence-electron chi connectivity index (χ4n) is 1.59. The summed E-state index contributed by atoms with van der Waals surface area (Å²) in [6.45, 7) is 1.16. The third-order valence-electron chi connectivity index (χ3n) is 2.46.